The number of hydrogen-bond acceptors (Lipinski definition) is 2. The number of halogens is 1. The van der Waals surface area contributed by atoms with Crippen LogP contribution in [0.3, 0.4) is 0 Å². The molecule has 3 rings (SSSR count). The summed E-state index contributed by atoms with van der Waals surface area (Å²) < 4.78 is 0. The SMILES string of the molecule is CNc1c2c(nc3c(Cl)cccc13)CCC2. The highest BCUT2D eigenvalue weighted by molar-refractivity contribution is 6.35. The highest BCUT2D eigenvalue weighted by Crippen LogP contribution is 2.35. The van der Waals surface area contributed by atoms with Crippen molar-refractivity contribution in [2.24, 2.45) is 0 Å². The Bertz CT molecular complexity index is 563. The van der Waals surface area contributed by atoms with Crippen molar-refractivity contribution in [2.75, 3.05) is 12.4 Å². The van der Waals surface area contributed by atoms with E-state index in [1.54, 1.807) is 0 Å². The molecule has 0 unspecified atom stereocenters. The molecule has 1 aromatic heterocycles. The lowest BCUT2D eigenvalue weighted by molar-refractivity contribution is 0.901. The third kappa shape index (κ3) is 1.30. The lowest BCUT2D eigenvalue weighted by Crippen LogP contribution is -1.99. The van der Waals surface area contributed by atoms with Gasteiger partial charge in [-0.15, -0.1) is 0 Å². The number of benzene rings is 1. The van der Waals surface area contributed by atoms with Crippen LogP contribution in [-0.4, -0.2) is 12.0 Å². The Kier molecular flexibility index (Phi) is 2.25. The Morgan fingerprint density at radius 2 is 2.19 bits per heavy atom. The average molecular weight is 233 g/mol. The van der Waals surface area contributed by atoms with Crippen LogP contribution < -0.4 is 5.32 Å². The molecule has 0 fully saturated rings. The molecule has 0 spiro atoms. The van der Waals surface area contributed by atoms with E-state index in [-0.39, 0.29) is 0 Å². The quantitative estimate of drug-likeness (QED) is 0.815. The molecule has 1 aliphatic carbocycles. The summed E-state index contributed by atoms with van der Waals surface area (Å²) in [5.74, 6) is 0. The van der Waals surface area contributed by atoms with Crippen molar-refractivity contribution in [1.29, 1.82) is 0 Å². The monoisotopic (exact) mass is 232 g/mol. The fraction of sp³-hybridized carbons (Fsp3) is 0.308. The molecular weight excluding hydrogens is 220 g/mol. The maximum atomic E-state index is 6.20. The van der Waals surface area contributed by atoms with E-state index >= 15 is 0 Å². The van der Waals surface area contributed by atoms with Crippen LogP contribution in [0.4, 0.5) is 5.69 Å². The fourth-order valence-corrected chi connectivity index (χ4v) is 2.75. The minimum absolute atomic E-state index is 0.740. The van der Waals surface area contributed by atoms with E-state index < -0.39 is 0 Å². The van der Waals surface area contributed by atoms with Crippen molar-refractivity contribution in [1.82, 2.24) is 4.98 Å². The second kappa shape index (κ2) is 3.63. The molecule has 2 aromatic rings. The van der Waals surface area contributed by atoms with Crippen LogP contribution in [0.5, 0.6) is 0 Å². The van der Waals surface area contributed by atoms with Gasteiger partial charge in [-0.2, -0.15) is 0 Å². The summed E-state index contributed by atoms with van der Waals surface area (Å²) in [6.07, 6.45) is 3.40. The van der Waals surface area contributed by atoms with Gasteiger partial charge in [-0.25, -0.2) is 0 Å². The minimum Gasteiger partial charge on any atom is -0.387 e. The Hall–Kier alpha value is -1.28. The highest BCUT2D eigenvalue weighted by atomic mass is 35.5. The summed E-state index contributed by atoms with van der Waals surface area (Å²) in [4.78, 5) is 4.69. The van der Waals surface area contributed by atoms with Crippen LogP contribution in [0, 0.1) is 0 Å². The van der Waals surface area contributed by atoms with E-state index in [1.807, 2.05) is 19.2 Å². The lowest BCUT2D eigenvalue weighted by Gasteiger charge is -2.12. The van der Waals surface area contributed by atoms with Gasteiger partial charge in [0.15, 0.2) is 0 Å². The zero-order valence-corrected chi connectivity index (χ0v) is 9.93. The predicted octanol–water partition coefficient (Wildman–Crippen LogP) is 3.42. The molecule has 2 nitrogen and oxygen atoms in total. The number of pyridine rings is 1. The van der Waals surface area contributed by atoms with E-state index in [9.17, 15) is 0 Å². The normalized spacial score (nSPS) is 14.1. The van der Waals surface area contributed by atoms with E-state index in [4.69, 9.17) is 16.6 Å². The summed E-state index contributed by atoms with van der Waals surface area (Å²) >= 11 is 6.20. The number of aromatic nitrogens is 1. The second-order valence-corrected chi connectivity index (χ2v) is 4.56. The molecule has 0 amide bonds. The number of anilines is 1. The minimum atomic E-state index is 0.740. The Balaban J connectivity index is 2.44. The van der Waals surface area contributed by atoms with Gasteiger partial charge in [0.05, 0.1) is 10.5 Å². The summed E-state index contributed by atoms with van der Waals surface area (Å²) in [7, 11) is 1.97. The van der Waals surface area contributed by atoms with Crippen LogP contribution in [-0.2, 0) is 12.8 Å². The van der Waals surface area contributed by atoms with Crippen molar-refractivity contribution in [3.05, 3.63) is 34.5 Å². The van der Waals surface area contributed by atoms with Gasteiger partial charge in [-0.3, -0.25) is 4.98 Å². The predicted molar refractivity (Wildman–Crippen MR) is 68.3 cm³/mol. The van der Waals surface area contributed by atoms with Crippen LogP contribution in [0.25, 0.3) is 10.9 Å². The molecule has 3 heteroatoms. The molecule has 0 saturated carbocycles. The first kappa shape index (κ1) is 9.91. The van der Waals surface area contributed by atoms with Gasteiger partial charge < -0.3 is 5.32 Å². The summed E-state index contributed by atoms with van der Waals surface area (Å²) in [6, 6.07) is 5.96. The number of hydrogen-bond donors (Lipinski definition) is 1. The summed E-state index contributed by atoms with van der Waals surface area (Å²) in [5.41, 5.74) is 4.72. The van der Waals surface area contributed by atoms with Crippen LogP contribution in [0.2, 0.25) is 5.02 Å². The molecule has 0 aliphatic heterocycles. The van der Waals surface area contributed by atoms with E-state index in [0.717, 1.165) is 28.8 Å². The molecule has 0 bridgehead atoms. The molecular formula is C13H13ClN2. The fourth-order valence-electron chi connectivity index (χ4n) is 2.53. The van der Waals surface area contributed by atoms with Crippen molar-refractivity contribution >= 4 is 28.2 Å². The lowest BCUT2D eigenvalue weighted by atomic mass is 10.1. The van der Waals surface area contributed by atoms with Crippen LogP contribution in [0.15, 0.2) is 18.2 Å². The average Bonchev–Trinajstić information content (AvgIpc) is 2.75. The number of fused-ring (bicyclic) bond motifs is 2. The maximum Gasteiger partial charge on any atom is 0.0912 e. The standard InChI is InChI=1S/C13H13ClN2/c1-15-12-8-4-3-7-11(8)16-13-9(12)5-2-6-10(13)14/h2,5-6H,3-4,7H2,1H3,(H,15,16). The van der Waals surface area contributed by atoms with Crippen LogP contribution >= 0.6 is 11.6 Å². The van der Waals surface area contributed by atoms with Gasteiger partial charge in [-0.05, 0) is 30.9 Å². The van der Waals surface area contributed by atoms with Gasteiger partial charge in [0, 0.05) is 23.8 Å². The molecule has 1 heterocycles. The Labute approximate surface area is 99.6 Å². The van der Waals surface area contributed by atoms with E-state index in [0.29, 0.717) is 0 Å². The first-order valence-electron chi connectivity index (χ1n) is 5.59. The molecule has 0 atom stereocenters. The highest BCUT2D eigenvalue weighted by Gasteiger charge is 2.19. The number of nitrogens with one attached hydrogen (secondary N) is 1. The Morgan fingerprint density at radius 1 is 1.31 bits per heavy atom. The largest absolute Gasteiger partial charge is 0.387 e. The zero-order chi connectivity index (χ0) is 11.1. The van der Waals surface area contributed by atoms with E-state index in [1.165, 1.54) is 23.4 Å². The van der Waals surface area contributed by atoms with E-state index in [2.05, 4.69) is 11.4 Å². The first-order chi connectivity index (χ1) is 7.81. The molecule has 0 radical (unpaired) electrons. The molecule has 1 aliphatic rings. The number of nitrogens with zero attached hydrogens (tertiary/aromatic N) is 1. The molecule has 16 heavy (non-hydrogen) atoms. The number of rotatable bonds is 1. The third-order valence-corrected chi connectivity index (χ3v) is 3.55. The van der Waals surface area contributed by atoms with Crippen molar-refractivity contribution in [2.45, 2.75) is 19.3 Å². The van der Waals surface area contributed by atoms with Gasteiger partial charge >= 0.3 is 0 Å². The van der Waals surface area contributed by atoms with Gasteiger partial charge in [0.1, 0.15) is 0 Å². The van der Waals surface area contributed by atoms with Gasteiger partial charge in [0.25, 0.3) is 0 Å². The third-order valence-electron chi connectivity index (χ3n) is 3.24. The maximum absolute atomic E-state index is 6.20. The zero-order valence-electron chi connectivity index (χ0n) is 9.18. The molecule has 0 saturated heterocycles. The first-order valence-corrected chi connectivity index (χ1v) is 5.97. The van der Waals surface area contributed by atoms with Gasteiger partial charge in [-0.1, -0.05) is 23.7 Å². The van der Waals surface area contributed by atoms with Crippen LogP contribution in [0.1, 0.15) is 17.7 Å². The summed E-state index contributed by atoms with van der Waals surface area (Å²) in [6.45, 7) is 0. The summed E-state index contributed by atoms with van der Waals surface area (Å²) in [5, 5.41) is 5.17. The number of aryl methyl sites for hydroxylation is 1. The molecule has 1 aromatic carbocycles. The topological polar surface area (TPSA) is 24.9 Å². The van der Waals surface area contributed by atoms with Crippen molar-refractivity contribution < 1.29 is 0 Å². The molecule has 82 valence electrons. The van der Waals surface area contributed by atoms with Crippen molar-refractivity contribution in [3.8, 4) is 0 Å². The molecule has 1 N–H and O–H groups in total. The van der Waals surface area contributed by atoms with Crippen molar-refractivity contribution in [3.63, 3.8) is 0 Å². The second-order valence-electron chi connectivity index (χ2n) is 4.15. The number of para-hydroxylation sites is 1. The van der Waals surface area contributed by atoms with Gasteiger partial charge in [0.2, 0.25) is 0 Å². The smallest absolute Gasteiger partial charge is 0.0912 e. The Morgan fingerprint density at radius 3 is 3.00 bits per heavy atom.